The zero-order valence-electron chi connectivity index (χ0n) is 9.73. The van der Waals surface area contributed by atoms with Crippen LogP contribution in [0.15, 0.2) is 24.4 Å². The highest BCUT2D eigenvalue weighted by Crippen LogP contribution is 2.25. The van der Waals surface area contributed by atoms with Crippen LogP contribution < -0.4 is 11.1 Å². The van der Waals surface area contributed by atoms with E-state index in [4.69, 9.17) is 11.0 Å². The molecule has 0 radical (unpaired) electrons. The van der Waals surface area contributed by atoms with Crippen LogP contribution >= 0.6 is 0 Å². The smallest absolute Gasteiger partial charge is 0.0992 e. The summed E-state index contributed by atoms with van der Waals surface area (Å²) in [5, 5.41) is 16.2. The monoisotopic (exact) mass is 227 g/mol. The maximum atomic E-state index is 8.75. The summed E-state index contributed by atoms with van der Waals surface area (Å²) in [6, 6.07) is 7.22. The third-order valence-electron chi connectivity index (χ3n) is 2.46. The zero-order valence-corrected chi connectivity index (χ0v) is 9.73. The fraction of sp³-hybridized carbons (Fsp3) is 0.167. The first-order chi connectivity index (χ1) is 8.10. The van der Waals surface area contributed by atoms with Crippen molar-refractivity contribution in [1.29, 1.82) is 5.26 Å². The first-order valence-corrected chi connectivity index (χ1v) is 5.17. The molecule has 1 aromatic heterocycles. The number of nitrogens with one attached hydrogen (secondary N) is 1. The molecule has 3 N–H and O–H groups in total. The number of aromatic nitrogens is 2. The molecule has 1 heterocycles. The number of benzene rings is 1. The molecule has 0 saturated carbocycles. The molecule has 0 amide bonds. The van der Waals surface area contributed by atoms with Crippen molar-refractivity contribution < 1.29 is 0 Å². The van der Waals surface area contributed by atoms with E-state index in [9.17, 15) is 0 Å². The molecule has 0 saturated heterocycles. The average molecular weight is 227 g/mol. The third-order valence-corrected chi connectivity index (χ3v) is 2.46. The number of rotatable bonds is 2. The predicted molar refractivity (Wildman–Crippen MR) is 66.8 cm³/mol. The number of hydrogen-bond acceptors (Lipinski definition) is 4. The van der Waals surface area contributed by atoms with Gasteiger partial charge in [0, 0.05) is 13.2 Å². The van der Waals surface area contributed by atoms with Crippen LogP contribution in [0.5, 0.6) is 0 Å². The Bertz CT molecular complexity index is 591. The van der Waals surface area contributed by atoms with Crippen LogP contribution in [0.25, 0.3) is 0 Å². The van der Waals surface area contributed by atoms with Gasteiger partial charge in [0.05, 0.1) is 34.4 Å². The second-order valence-electron chi connectivity index (χ2n) is 3.84. The van der Waals surface area contributed by atoms with Gasteiger partial charge in [-0.15, -0.1) is 0 Å². The Morgan fingerprint density at radius 1 is 1.41 bits per heavy atom. The van der Waals surface area contributed by atoms with Crippen LogP contribution in [0.2, 0.25) is 0 Å². The molecule has 1 aromatic carbocycles. The maximum absolute atomic E-state index is 8.75. The molecule has 0 bridgehead atoms. The second-order valence-corrected chi connectivity index (χ2v) is 3.84. The third kappa shape index (κ3) is 2.21. The van der Waals surface area contributed by atoms with Gasteiger partial charge < -0.3 is 11.1 Å². The van der Waals surface area contributed by atoms with E-state index in [2.05, 4.69) is 16.5 Å². The van der Waals surface area contributed by atoms with Crippen LogP contribution in [0.1, 0.15) is 11.3 Å². The summed E-state index contributed by atoms with van der Waals surface area (Å²) in [6.45, 7) is 1.92. The van der Waals surface area contributed by atoms with E-state index < -0.39 is 0 Å². The number of nitrogens with zero attached hydrogens (tertiary/aromatic N) is 3. The lowest BCUT2D eigenvalue weighted by Crippen LogP contribution is -1.97. The van der Waals surface area contributed by atoms with Crippen LogP contribution in [0.3, 0.4) is 0 Å². The summed E-state index contributed by atoms with van der Waals surface area (Å²) in [7, 11) is 1.86. The average Bonchev–Trinajstić information content (AvgIpc) is 2.60. The van der Waals surface area contributed by atoms with Crippen molar-refractivity contribution in [2.75, 3.05) is 11.1 Å². The molecule has 86 valence electrons. The highest BCUT2D eigenvalue weighted by Gasteiger charge is 2.06. The van der Waals surface area contributed by atoms with Gasteiger partial charge >= 0.3 is 0 Å². The van der Waals surface area contributed by atoms with E-state index in [1.54, 1.807) is 22.9 Å². The summed E-state index contributed by atoms with van der Waals surface area (Å²) in [4.78, 5) is 0. The molecule has 0 atom stereocenters. The topological polar surface area (TPSA) is 79.7 Å². The zero-order chi connectivity index (χ0) is 12.4. The standard InChI is InChI=1S/C12H13N5/c1-8-12(7-17(2)16-8)15-11-4-3-9(6-13)5-10(11)14/h3-5,7,15H,14H2,1-2H3. The lowest BCUT2D eigenvalue weighted by molar-refractivity contribution is 0.756. The Hall–Kier alpha value is -2.48. The molecule has 5 nitrogen and oxygen atoms in total. The van der Waals surface area contributed by atoms with Crippen molar-refractivity contribution in [2.45, 2.75) is 6.92 Å². The molecule has 0 fully saturated rings. The molecule has 0 aliphatic carbocycles. The van der Waals surface area contributed by atoms with Crippen molar-refractivity contribution in [2.24, 2.45) is 7.05 Å². The fourth-order valence-electron chi connectivity index (χ4n) is 1.61. The number of anilines is 3. The van der Waals surface area contributed by atoms with Crippen LogP contribution in [-0.4, -0.2) is 9.78 Å². The van der Waals surface area contributed by atoms with Crippen molar-refractivity contribution >= 4 is 17.1 Å². The van der Waals surface area contributed by atoms with Gasteiger partial charge in [-0.05, 0) is 25.1 Å². The molecular formula is C12H13N5. The molecule has 0 spiro atoms. The van der Waals surface area contributed by atoms with Gasteiger partial charge in [0.2, 0.25) is 0 Å². The second kappa shape index (κ2) is 4.18. The first-order valence-electron chi connectivity index (χ1n) is 5.17. The Labute approximate surface area is 99.5 Å². The lowest BCUT2D eigenvalue weighted by Gasteiger charge is -2.08. The molecule has 5 heteroatoms. The van der Waals surface area contributed by atoms with E-state index in [-0.39, 0.29) is 0 Å². The quantitative estimate of drug-likeness (QED) is 0.768. The molecular weight excluding hydrogens is 214 g/mol. The highest BCUT2D eigenvalue weighted by atomic mass is 15.3. The summed E-state index contributed by atoms with van der Waals surface area (Å²) in [6.07, 6.45) is 1.88. The number of nitrogen functional groups attached to an aromatic ring is 1. The number of nitriles is 1. The van der Waals surface area contributed by atoms with Crippen LogP contribution in [0.4, 0.5) is 17.1 Å². The van der Waals surface area contributed by atoms with Gasteiger partial charge in [0.15, 0.2) is 0 Å². The normalized spacial score (nSPS) is 9.94. The molecule has 17 heavy (non-hydrogen) atoms. The minimum atomic E-state index is 0.548. The number of nitrogens with two attached hydrogens (primary N) is 1. The number of hydrogen-bond donors (Lipinski definition) is 2. The van der Waals surface area contributed by atoms with Gasteiger partial charge in [-0.3, -0.25) is 4.68 Å². The van der Waals surface area contributed by atoms with Crippen LogP contribution in [0, 0.1) is 18.3 Å². The first kappa shape index (κ1) is 11.0. The minimum Gasteiger partial charge on any atom is -0.397 e. The van der Waals surface area contributed by atoms with Gasteiger partial charge in [0.1, 0.15) is 0 Å². The summed E-state index contributed by atoms with van der Waals surface area (Å²) in [5.41, 5.74) is 9.54. The lowest BCUT2D eigenvalue weighted by atomic mass is 10.2. The Kier molecular flexibility index (Phi) is 2.71. The molecule has 2 rings (SSSR count). The summed E-state index contributed by atoms with van der Waals surface area (Å²) in [5.74, 6) is 0. The van der Waals surface area contributed by atoms with Gasteiger partial charge in [-0.2, -0.15) is 10.4 Å². The molecule has 0 aliphatic rings. The predicted octanol–water partition coefficient (Wildman–Crippen LogP) is 1.93. The summed E-state index contributed by atoms with van der Waals surface area (Å²) >= 11 is 0. The van der Waals surface area contributed by atoms with Crippen LogP contribution in [-0.2, 0) is 7.05 Å². The van der Waals surface area contributed by atoms with Gasteiger partial charge in [-0.1, -0.05) is 0 Å². The fourth-order valence-corrected chi connectivity index (χ4v) is 1.61. The van der Waals surface area contributed by atoms with Crippen molar-refractivity contribution in [1.82, 2.24) is 9.78 Å². The van der Waals surface area contributed by atoms with E-state index in [1.807, 2.05) is 20.2 Å². The van der Waals surface area contributed by atoms with Crippen molar-refractivity contribution in [3.8, 4) is 6.07 Å². The van der Waals surface area contributed by atoms with Crippen molar-refractivity contribution in [3.05, 3.63) is 35.7 Å². The highest BCUT2D eigenvalue weighted by molar-refractivity contribution is 5.74. The number of aryl methyl sites for hydroxylation is 2. The largest absolute Gasteiger partial charge is 0.397 e. The van der Waals surface area contributed by atoms with Crippen molar-refractivity contribution in [3.63, 3.8) is 0 Å². The summed E-state index contributed by atoms with van der Waals surface area (Å²) < 4.78 is 1.73. The molecule has 0 aliphatic heterocycles. The van der Waals surface area contributed by atoms with E-state index in [0.29, 0.717) is 11.3 Å². The van der Waals surface area contributed by atoms with E-state index in [0.717, 1.165) is 17.1 Å². The van der Waals surface area contributed by atoms with E-state index >= 15 is 0 Å². The Balaban J connectivity index is 2.31. The maximum Gasteiger partial charge on any atom is 0.0992 e. The van der Waals surface area contributed by atoms with Gasteiger partial charge in [-0.25, -0.2) is 0 Å². The molecule has 0 unspecified atom stereocenters. The molecule has 2 aromatic rings. The minimum absolute atomic E-state index is 0.548. The Morgan fingerprint density at radius 3 is 2.71 bits per heavy atom. The Morgan fingerprint density at radius 2 is 2.18 bits per heavy atom. The van der Waals surface area contributed by atoms with E-state index in [1.165, 1.54) is 0 Å². The SMILES string of the molecule is Cc1nn(C)cc1Nc1ccc(C#N)cc1N. The van der Waals surface area contributed by atoms with Gasteiger partial charge in [0.25, 0.3) is 0 Å².